The topological polar surface area (TPSA) is 74.0 Å². The molecular weight excluding hydrogens is 505 g/mol. The summed E-state index contributed by atoms with van der Waals surface area (Å²) in [5.74, 6) is 0.704. The lowest BCUT2D eigenvalue weighted by Crippen LogP contribution is -2.15. The van der Waals surface area contributed by atoms with Gasteiger partial charge in [0.2, 0.25) is 0 Å². The number of hydrogen-bond acceptors (Lipinski definition) is 4. The molecule has 31 heavy (non-hydrogen) atoms. The lowest BCUT2D eigenvalue weighted by molar-refractivity contribution is 0.101. The van der Waals surface area contributed by atoms with Gasteiger partial charge >= 0.3 is 0 Å². The Morgan fingerprint density at radius 3 is 2.48 bits per heavy atom. The number of nitrogens with zero attached hydrogens (tertiary/aromatic N) is 4. The number of amides is 1. The van der Waals surface area contributed by atoms with E-state index in [1.807, 2.05) is 24.3 Å². The van der Waals surface area contributed by atoms with Crippen LogP contribution in [0, 0.1) is 0 Å². The van der Waals surface area contributed by atoms with Crippen molar-refractivity contribution in [3.63, 3.8) is 0 Å². The molecule has 4 aromatic rings. The second-order valence-corrected chi connectivity index (χ2v) is 8.29. The monoisotopic (exact) mass is 519 g/mol. The van der Waals surface area contributed by atoms with E-state index < -0.39 is 0 Å². The summed E-state index contributed by atoms with van der Waals surface area (Å²) in [6.07, 6.45) is 3.46. The molecule has 0 atom stereocenters. The molecule has 0 saturated heterocycles. The van der Waals surface area contributed by atoms with Gasteiger partial charge in [-0.1, -0.05) is 35.3 Å². The van der Waals surface area contributed by atoms with Crippen molar-refractivity contribution >= 4 is 50.9 Å². The summed E-state index contributed by atoms with van der Waals surface area (Å²) >= 11 is 15.2. The zero-order chi connectivity index (χ0) is 21.8. The highest BCUT2D eigenvalue weighted by atomic mass is 79.9. The van der Waals surface area contributed by atoms with Gasteiger partial charge in [-0.25, -0.2) is 4.68 Å². The molecule has 2 aromatic heterocycles. The van der Waals surface area contributed by atoms with Crippen LogP contribution in [0.25, 0.3) is 0 Å². The van der Waals surface area contributed by atoms with Crippen molar-refractivity contribution in [2.45, 2.75) is 13.3 Å². The number of ether oxygens (including phenoxy) is 1. The number of carbonyl (C=O) groups is 1. The Morgan fingerprint density at radius 1 is 0.968 bits per heavy atom. The first kappa shape index (κ1) is 21.4. The Labute approximate surface area is 196 Å². The fourth-order valence-electron chi connectivity index (χ4n) is 2.76. The number of nitrogens with one attached hydrogen (secondary N) is 1. The minimum absolute atomic E-state index is 0.142. The standard InChI is InChI=1S/C21H16BrCl2N5O2/c22-17-11-16(24)5-6-19(17)31-13-29-9-7-18(26-29)21(30)25-20-8-10-28(27-20)12-14-1-3-15(23)4-2-14/h1-11H,12-13H2,(H,25,27,30). The number of anilines is 1. The molecular formula is C21H16BrCl2N5O2. The van der Waals surface area contributed by atoms with Crippen LogP contribution in [0.2, 0.25) is 10.0 Å². The smallest absolute Gasteiger partial charge is 0.277 e. The molecule has 0 saturated carbocycles. The van der Waals surface area contributed by atoms with Gasteiger partial charge in [0.25, 0.3) is 5.91 Å². The number of halogens is 3. The average Bonchev–Trinajstić information content (AvgIpc) is 3.39. The summed E-state index contributed by atoms with van der Waals surface area (Å²) in [7, 11) is 0. The molecule has 1 amide bonds. The van der Waals surface area contributed by atoms with Crippen molar-refractivity contribution in [1.29, 1.82) is 0 Å². The molecule has 0 radical (unpaired) electrons. The number of carbonyl (C=O) groups excluding carboxylic acids is 1. The van der Waals surface area contributed by atoms with Gasteiger partial charge in [-0.05, 0) is 57.9 Å². The minimum Gasteiger partial charge on any atom is -0.470 e. The van der Waals surface area contributed by atoms with Crippen molar-refractivity contribution in [2.24, 2.45) is 0 Å². The van der Waals surface area contributed by atoms with E-state index in [-0.39, 0.29) is 18.3 Å². The van der Waals surface area contributed by atoms with Crippen molar-refractivity contribution in [3.05, 3.63) is 92.8 Å². The van der Waals surface area contributed by atoms with E-state index in [0.29, 0.717) is 28.2 Å². The van der Waals surface area contributed by atoms with Crippen LogP contribution in [-0.4, -0.2) is 25.5 Å². The lowest BCUT2D eigenvalue weighted by Gasteiger charge is -2.08. The molecule has 0 aliphatic rings. The molecule has 7 nitrogen and oxygen atoms in total. The van der Waals surface area contributed by atoms with Gasteiger partial charge < -0.3 is 10.1 Å². The van der Waals surface area contributed by atoms with Crippen molar-refractivity contribution in [2.75, 3.05) is 5.32 Å². The molecule has 0 bridgehead atoms. The van der Waals surface area contributed by atoms with E-state index in [4.69, 9.17) is 27.9 Å². The maximum atomic E-state index is 12.5. The molecule has 0 fully saturated rings. The summed E-state index contributed by atoms with van der Waals surface area (Å²) in [5, 5.41) is 12.6. The third-order valence-electron chi connectivity index (χ3n) is 4.26. The SMILES string of the molecule is O=C(Nc1ccn(Cc2ccc(Cl)cc2)n1)c1ccn(COc2ccc(Cl)cc2Br)n1. The van der Waals surface area contributed by atoms with E-state index in [1.165, 1.54) is 4.68 Å². The van der Waals surface area contributed by atoms with Gasteiger partial charge in [0, 0.05) is 28.5 Å². The van der Waals surface area contributed by atoms with Crippen molar-refractivity contribution < 1.29 is 9.53 Å². The predicted octanol–water partition coefficient (Wildman–Crippen LogP) is 5.49. The highest BCUT2D eigenvalue weighted by Crippen LogP contribution is 2.28. The van der Waals surface area contributed by atoms with Crippen molar-refractivity contribution in [1.82, 2.24) is 19.6 Å². The quantitative estimate of drug-likeness (QED) is 0.350. The number of aromatic nitrogens is 4. The van der Waals surface area contributed by atoms with Gasteiger partial charge in [-0.2, -0.15) is 10.2 Å². The normalized spacial score (nSPS) is 10.8. The predicted molar refractivity (Wildman–Crippen MR) is 123 cm³/mol. The van der Waals surface area contributed by atoms with Crippen LogP contribution in [0.4, 0.5) is 5.82 Å². The third-order valence-corrected chi connectivity index (χ3v) is 5.37. The number of hydrogen-bond donors (Lipinski definition) is 1. The molecule has 0 spiro atoms. The van der Waals surface area contributed by atoms with Gasteiger partial charge in [0.05, 0.1) is 11.0 Å². The maximum absolute atomic E-state index is 12.5. The van der Waals surface area contributed by atoms with Crippen LogP contribution in [0.3, 0.4) is 0 Å². The molecule has 0 aliphatic carbocycles. The molecule has 158 valence electrons. The first-order valence-electron chi connectivity index (χ1n) is 9.17. The highest BCUT2D eigenvalue weighted by molar-refractivity contribution is 9.10. The van der Waals surface area contributed by atoms with Crippen LogP contribution in [0.5, 0.6) is 5.75 Å². The molecule has 2 aromatic carbocycles. The Bertz CT molecular complexity index is 1210. The highest BCUT2D eigenvalue weighted by Gasteiger charge is 2.12. The van der Waals surface area contributed by atoms with Gasteiger partial charge in [-0.3, -0.25) is 9.48 Å². The van der Waals surface area contributed by atoms with E-state index in [2.05, 4.69) is 31.4 Å². The largest absolute Gasteiger partial charge is 0.470 e. The van der Waals surface area contributed by atoms with Crippen molar-refractivity contribution in [3.8, 4) is 5.75 Å². The third kappa shape index (κ3) is 5.66. The Morgan fingerprint density at radius 2 is 1.71 bits per heavy atom. The Kier molecular flexibility index (Phi) is 6.60. The number of rotatable bonds is 7. The van der Waals surface area contributed by atoms with E-state index in [9.17, 15) is 4.79 Å². The molecule has 4 rings (SSSR count). The van der Waals surface area contributed by atoms with E-state index in [0.717, 1.165) is 10.0 Å². The zero-order valence-corrected chi connectivity index (χ0v) is 19.1. The Hall–Kier alpha value is -2.81. The van der Waals surface area contributed by atoms with E-state index in [1.54, 1.807) is 47.4 Å². The van der Waals surface area contributed by atoms with Crippen LogP contribution < -0.4 is 10.1 Å². The first-order chi connectivity index (χ1) is 15.0. The van der Waals surface area contributed by atoms with Gasteiger partial charge in [0.1, 0.15) is 5.75 Å². The summed E-state index contributed by atoms with van der Waals surface area (Å²) in [4.78, 5) is 12.5. The van der Waals surface area contributed by atoms with Gasteiger partial charge in [-0.15, -0.1) is 0 Å². The van der Waals surface area contributed by atoms with Crippen LogP contribution in [0.1, 0.15) is 16.1 Å². The summed E-state index contributed by atoms with van der Waals surface area (Å²) in [6, 6.07) is 16.1. The zero-order valence-electron chi connectivity index (χ0n) is 16.0. The van der Waals surface area contributed by atoms with Crippen LogP contribution in [-0.2, 0) is 13.3 Å². The second-order valence-electron chi connectivity index (χ2n) is 6.57. The lowest BCUT2D eigenvalue weighted by atomic mass is 10.2. The molecule has 0 aliphatic heterocycles. The van der Waals surface area contributed by atoms with Crippen LogP contribution in [0.15, 0.2) is 71.5 Å². The summed E-state index contributed by atoms with van der Waals surface area (Å²) in [5.41, 5.74) is 1.31. The summed E-state index contributed by atoms with van der Waals surface area (Å²) in [6.45, 7) is 0.711. The molecule has 0 unspecified atom stereocenters. The van der Waals surface area contributed by atoms with Crippen LogP contribution >= 0.6 is 39.1 Å². The molecule has 1 N–H and O–H groups in total. The summed E-state index contributed by atoms with van der Waals surface area (Å²) < 4.78 is 9.69. The molecule has 10 heteroatoms. The Balaban J connectivity index is 1.33. The second kappa shape index (κ2) is 9.55. The maximum Gasteiger partial charge on any atom is 0.277 e. The average molecular weight is 521 g/mol. The van der Waals surface area contributed by atoms with E-state index >= 15 is 0 Å². The minimum atomic E-state index is -0.358. The number of benzene rings is 2. The molecule has 2 heterocycles. The van der Waals surface area contributed by atoms with Gasteiger partial charge in [0.15, 0.2) is 18.2 Å². The first-order valence-corrected chi connectivity index (χ1v) is 10.7. The fourth-order valence-corrected chi connectivity index (χ4v) is 3.68. The fraction of sp³-hybridized carbons (Fsp3) is 0.0952.